The molecule has 0 atom stereocenters. The number of nitrogens with zero attached hydrogens (tertiary/aromatic N) is 2. The van der Waals surface area contributed by atoms with E-state index < -0.39 is 0 Å². The standard InChI is InChI=1S/C11H10Cl2N2O2/c1-16-9-4-7-8(14-6-15-11(7)13)5-10(9)17-3-2-12/h4-6H,2-3H2,1H3. The summed E-state index contributed by atoms with van der Waals surface area (Å²) < 4.78 is 10.7. The molecule has 6 heteroatoms. The van der Waals surface area contributed by atoms with Crippen LogP contribution in [0.5, 0.6) is 11.5 Å². The molecule has 17 heavy (non-hydrogen) atoms. The summed E-state index contributed by atoms with van der Waals surface area (Å²) in [4.78, 5) is 8.03. The highest BCUT2D eigenvalue weighted by atomic mass is 35.5. The van der Waals surface area contributed by atoms with Crippen molar-refractivity contribution in [2.75, 3.05) is 19.6 Å². The average molecular weight is 273 g/mol. The van der Waals surface area contributed by atoms with Gasteiger partial charge in [0.15, 0.2) is 11.5 Å². The van der Waals surface area contributed by atoms with Crippen molar-refractivity contribution in [2.24, 2.45) is 0 Å². The predicted molar refractivity (Wildman–Crippen MR) is 67.3 cm³/mol. The molecule has 0 aliphatic rings. The summed E-state index contributed by atoms with van der Waals surface area (Å²) in [5, 5.41) is 1.11. The molecule has 0 saturated carbocycles. The molecule has 2 aromatic rings. The summed E-state index contributed by atoms with van der Waals surface area (Å²) in [6.45, 7) is 0.405. The van der Waals surface area contributed by atoms with E-state index in [-0.39, 0.29) is 0 Å². The van der Waals surface area contributed by atoms with Gasteiger partial charge in [-0.05, 0) is 6.07 Å². The Bertz CT molecular complexity index is 534. The number of halogens is 2. The Kier molecular flexibility index (Phi) is 3.86. The monoisotopic (exact) mass is 272 g/mol. The summed E-state index contributed by atoms with van der Waals surface area (Å²) in [6, 6.07) is 3.51. The molecular weight excluding hydrogens is 263 g/mol. The smallest absolute Gasteiger partial charge is 0.163 e. The Balaban J connectivity index is 2.52. The first-order valence-corrected chi connectivity index (χ1v) is 5.84. The van der Waals surface area contributed by atoms with E-state index in [0.29, 0.717) is 34.7 Å². The van der Waals surface area contributed by atoms with Crippen LogP contribution >= 0.6 is 23.2 Å². The minimum absolute atomic E-state index is 0.386. The van der Waals surface area contributed by atoms with Crippen molar-refractivity contribution in [3.8, 4) is 11.5 Å². The molecule has 2 rings (SSSR count). The van der Waals surface area contributed by atoms with Gasteiger partial charge in [0.05, 0.1) is 18.5 Å². The molecule has 0 aliphatic carbocycles. The highest BCUT2D eigenvalue weighted by Crippen LogP contribution is 2.33. The molecule has 0 aliphatic heterocycles. The largest absolute Gasteiger partial charge is 0.493 e. The molecule has 1 heterocycles. The Labute approximate surface area is 108 Å². The van der Waals surface area contributed by atoms with E-state index >= 15 is 0 Å². The fourth-order valence-corrected chi connectivity index (χ4v) is 1.73. The van der Waals surface area contributed by atoms with Crippen LogP contribution in [-0.2, 0) is 0 Å². The summed E-state index contributed by atoms with van der Waals surface area (Å²) >= 11 is 11.6. The van der Waals surface area contributed by atoms with Gasteiger partial charge in [0.25, 0.3) is 0 Å². The highest BCUT2D eigenvalue weighted by molar-refractivity contribution is 6.34. The summed E-state index contributed by atoms with van der Waals surface area (Å²) in [6.07, 6.45) is 1.41. The lowest BCUT2D eigenvalue weighted by molar-refractivity contribution is 0.313. The third-order valence-corrected chi connectivity index (χ3v) is 2.66. The van der Waals surface area contributed by atoms with Crippen LogP contribution in [0.2, 0.25) is 5.15 Å². The topological polar surface area (TPSA) is 44.2 Å². The van der Waals surface area contributed by atoms with Crippen molar-refractivity contribution < 1.29 is 9.47 Å². The fraction of sp³-hybridized carbons (Fsp3) is 0.273. The van der Waals surface area contributed by atoms with Gasteiger partial charge in [-0.15, -0.1) is 11.6 Å². The SMILES string of the molecule is COc1cc2c(Cl)ncnc2cc1OCCCl. The maximum absolute atomic E-state index is 5.97. The molecule has 0 N–H and O–H groups in total. The summed E-state index contributed by atoms with van der Waals surface area (Å²) in [5.74, 6) is 1.58. The van der Waals surface area contributed by atoms with Gasteiger partial charge in [-0.25, -0.2) is 9.97 Å². The summed E-state index contributed by atoms with van der Waals surface area (Å²) in [5.41, 5.74) is 0.704. The van der Waals surface area contributed by atoms with Crippen molar-refractivity contribution in [1.82, 2.24) is 9.97 Å². The number of ether oxygens (including phenoxy) is 2. The molecule has 0 amide bonds. The van der Waals surface area contributed by atoms with Gasteiger partial charge in [-0.3, -0.25) is 0 Å². The normalized spacial score (nSPS) is 10.5. The molecule has 0 radical (unpaired) electrons. The number of hydrogen-bond acceptors (Lipinski definition) is 4. The molecule has 4 nitrogen and oxygen atoms in total. The van der Waals surface area contributed by atoms with E-state index in [1.807, 2.05) is 0 Å². The quantitative estimate of drug-likeness (QED) is 0.634. The van der Waals surface area contributed by atoms with E-state index in [0.717, 1.165) is 5.39 Å². The van der Waals surface area contributed by atoms with Crippen molar-refractivity contribution >= 4 is 34.1 Å². The molecular formula is C11H10Cl2N2O2. The third-order valence-electron chi connectivity index (χ3n) is 2.21. The Morgan fingerprint density at radius 1 is 1.24 bits per heavy atom. The zero-order valence-corrected chi connectivity index (χ0v) is 10.6. The third kappa shape index (κ3) is 2.53. The Morgan fingerprint density at radius 2 is 2.06 bits per heavy atom. The van der Waals surface area contributed by atoms with E-state index in [1.54, 1.807) is 19.2 Å². The van der Waals surface area contributed by atoms with Crippen LogP contribution in [0.25, 0.3) is 10.9 Å². The van der Waals surface area contributed by atoms with Crippen LogP contribution in [0.4, 0.5) is 0 Å². The second-order valence-electron chi connectivity index (χ2n) is 3.22. The molecule has 90 valence electrons. The van der Waals surface area contributed by atoms with Gasteiger partial charge in [0.1, 0.15) is 18.1 Å². The van der Waals surface area contributed by atoms with Crippen molar-refractivity contribution in [2.45, 2.75) is 0 Å². The van der Waals surface area contributed by atoms with Gasteiger partial charge in [0, 0.05) is 11.5 Å². The van der Waals surface area contributed by atoms with Crippen LogP contribution in [-0.4, -0.2) is 29.6 Å². The second-order valence-corrected chi connectivity index (χ2v) is 3.96. The Hall–Kier alpha value is -1.26. The zero-order valence-electron chi connectivity index (χ0n) is 9.11. The number of methoxy groups -OCH3 is 1. The minimum Gasteiger partial charge on any atom is -0.493 e. The van der Waals surface area contributed by atoms with Gasteiger partial charge >= 0.3 is 0 Å². The van der Waals surface area contributed by atoms with Gasteiger partial charge in [-0.1, -0.05) is 11.6 Å². The molecule has 0 saturated heterocycles. The molecule has 1 aromatic carbocycles. The van der Waals surface area contributed by atoms with E-state index in [9.17, 15) is 0 Å². The lowest BCUT2D eigenvalue weighted by atomic mass is 10.2. The first-order chi connectivity index (χ1) is 8.26. The highest BCUT2D eigenvalue weighted by Gasteiger charge is 2.10. The molecule has 0 fully saturated rings. The van der Waals surface area contributed by atoms with Crippen molar-refractivity contribution in [3.05, 3.63) is 23.6 Å². The van der Waals surface area contributed by atoms with E-state index in [1.165, 1.54) is 6.33 Å². The number of rotatable bonds is 4. The van der Waals surface area contributed by atoms with Crippen LogP contribution < -0.4 is 9.47 Å². The number of alkyl halides is 1. The molecule has 0 unspecified atom stereocenters. The second kappa shape index (κ2) is 5.38. The van der Waals surface area contributed by atoms with Crippen molar-refractivity contribution in [3.63, 3.8) is 0 Å². The lowest BCUT2D eigenvalue weighted by Crippen LogP contribution is -2.00. The van der Waals surface area contributed by atoms with Gasteiger partial charge in [-0.2, -0.15) is 0 Å². The van der Waals surface area contributed by atoms with Crippen LogP contribution in [0.3, 0.4) is 0 Å². The maximum atomic E-state index is 5.97. The van der Waals surface area contributed by atoms with Crippen LogP contribution in [0.15, 0.2) is 18.5 Å². The van der Waals surface area contributed by atoms with Gasteiger partial charge in [0.2, 0.25) is 0 Å². The number of aromatic nitrogens is 2. The molecule has 0 bridgehead atoms. The maximum Gasteiger partial charge on any atom is 0.163 e. The Morgan fingerprint density at radius 3 is 2.76 bits per heavy atom. The lowest BCUT2D eigenvalue weighted by Gasteiger charge is -2.10. The van der Waals surface area contributed by atoms with E-state index in [2.05, 4.69) is 9.97 Å². The molecule has 1 aromatic heterocycles. The number of fused-ring (bicyclic) bond motifs is 1. The minimum atomic E-state index is 0.386. The van der Waals surface area contributed by atoms with E-state index in [4.69, 9.17) is 32.7 Å². The fourth-order valence-electron chi connectivity index (χ4n) is 1.45. The van der Waals surface area contributed by atoms with Gasteiger partial charge < -0.3 is 9.47 Å². The number of hydrogen-bond donors (Lipinski definition) is 0. The first kappa shape index (κ1) is 12.2. The zero-order chi connectivity index (χ0) is 12.3. The molecule has 0 spiro atoms. The van der Waals surface area contributed by atoms with Crippen LogP contribution in [0, 0.1) is 0 Å². The van der Waals surface area contributed by atoms with Crippen LogP contribution in [0.1, 0.15) is 0 Å². The van der Waals surface area contributed by atoms with Crippen molar-refractivity contribution in [1.29, 1.82) is 0 Å². The summed E-state index contributed by atoms with van der Waals surface area (Å²) in [7, 11) is 1.56. The number of benzene rings is 1. The first-order valence-electron chi connectivity index (χ1n) is 4.93. The average Bonchev–Trinajstić information content (AvgIpc) is 2.36. The predicted octanol–water partition coefficient (Wildman–Crippen LogP) is 2.91.